The maximum absolute atomic E-state index is 6.01. The van der Waals surface area contributed by atoms with Crippen molar-refractivity contribution >= 4 is 53.7 Å². The lowest BCUT2D eigenvalue weighted by molar-refractivity contribution is 0.288. The molecule has 2 nitrogen and oxygen atoms in total. The second-order valence-electron chi connectivity index (χ2n) is 4.23. The predicted molar refractivity (Wildman–Crippen MR) is 93.1 cm³/mol. The predicted octanol–water partition coefficient (Wildman–Crippen LogP) is 3.55. The lowest BCUT2D eigenvalue weighted by atomic mass is 10.2. The van der Waals surface area contributed by atoms with Crippen LogP contribution in [-0.2, 0) is 0 Å². The molecule has 20 heavy (non-hydrogen) atoms. The van der Waals surface area contributed by atoms with Gasteiger partial charge in [0.2, 0.25) is 0 Å². The molecule has 0 aromatic heterocycles. The molecule has 1 aromatic rings. The van der Waals surface area contributed by atoms with Gasteiger partial charge in [-0.05, 0) is 18.2 Å². The first kappa shape index (κ1) is 19.7. The highest BCUT2D eigenvalue weighted by Gasteiger charge is 2.16. The molecule has 0 unspecified atom stereocenters. The van der Waals surface area contributed by atoms with Gasteiger partial charge in [-0.2, -0.15) is 0 Å². The van der Waals surface area contributed by atoms with Crippen LogP contribution in [0.3, 0.4) is 0 Å². The highest BCUT2D eigenvalue weighted by molar-refractivity contribution is 6.30. The summed E-state index contributed by atoms with van der Waals surface area (Å²) < 4.78 is 0. The summed E-state index contributed by atoms with van der Waals surface area (Å²) in [6, 6.07) is 8.03. The van der Waals surface area contributed by atoms with E-state index in [9.17, 15) is 0 Å². The van der Waals surface area contributed by atoms with Gasteiger partial charge in [-0.15, -0.1) is 36.4 Å². The summed E-state index contributed by atoms with van der Waals surface area (Å²) in [5.74, 6) is 6.38. The number of benzene rings is 1. The Balaban J connectivity index is 0.00000180. The van der Waals surface area contributed by atoms with E-state index in [1.807, 2.05) is 18.2 Å². The van der Waals surface area contributed by atoms with E-state index in [-0.39, 0.29) is 24.8 Å². The Labute approximate surface area is 143 Å². The van der Waals surface area contributed by atoms with Crippen molar-refractivity contribution in [2.75, 3.05) is 43.5 Å². The molecular weight excluding hydrogens is 338 g/mol. The van der Waals surface area contributed by atoms with Crippen molar-refractivity contribution in [3.63, 3.8) is 0 Å². The van der Waals surface area contributed by atoms with Gasteiger partial charge in [0.1, 0.15) is 0 Å². The number of anilines is 1. The molecule has 0 aliphatic carbocycles. The molecule has 6 heteroatoms. The SMILES string of the molecule is Cl.Cl.ClCC#CCN1CCN(c2cccc(Cl)c2)CC1. The average molecular weight is 356 g/mol. The Morgan fingerprint density at radius 2 is 1.75 bits per heavy atom. The fourth-order valence-corrected chi connectivity index (χ4v) is 2.33. The summed E-state index contributed by atoms with van der Waals surface area (Å²) in [5, 5.41) is 0.794. The van der Waals surface area contributed by atoms with Crippen LogP contribution in [0.25, 0.3) is 0 Å². The fraction of sp³-hybridized carbons (Fsp3) is 0.429. The molecule has 1 aromatic carbocycles. The van der Waals surface area contributed by atoms with Crippen molar-refractivity contribution in [3.05, 3.63) is 29.3 Å². The summed E-state index contributed by atoms with van der Waals surface area (Å²) in [6.45, 7) is 4.91. The number of hydrogen-bond acceptors (Lipinski definition) is 2. The van der Waals surface area contributed by atoms with Crippen molar-refractivity contribution in [3.8, 4) is 11.8 Å². The lowest BCUT2D eigenvalue weighted by Gasteiger charge is -2.35. The first-order valence-corrected chi connectivity index (χ1v) is 6.95. The van der Waals surface area contributed by atoms with E-state index in [1.54, 1.807) is 0 Å². The summed E-state index contributed by atoms with van der Waals surface area (Å²) in [4.78, 5) is 4.71. The molecule has 0 spiro atoms. The molecule has 0 amide bonds. The molecule has 1 fully saturated rings. The monoisotopic (exact) mass is 354 g/mol. The van der Waals surface area contributed by atoms with Gasteiger partial charge in [0, 0.05) is 36.9 Å². The van der Waals surface area contributed by atoms with Crippen molar-refractivity contribution in [1.82, 2.24) is 4.90 Å². The van der Waals surface area contributed by atoms with Gasteiger partial charge in [0.25, 0.3) is 0 Å². The Bertz CT molecular complexity index is 448. The quantitative estimate of drug-likeness (QED) is 0.591. The molecule has 0 saturated carbocycles. The van der Waals surface area contributed by atoms with Crippen LogP contribution in [0.15, 0.2) is 24.3 Å². The number of piperazine rings is 1. The van der Waals surface area contributed by atoms with Crippen LogP contribution >= 0.6 is 48.0 Å². The molecule has 0 N–H and O–H groups in total. The summed E-state index contributed by atoms with van der Waals surface area (Å²) in [7, 11) is 0. The number of halogens is 4. The van der Waals surface area contributed by atoms with Gasteiger partial charge in [-0.25, -0.2) is 0 Å². The zero-order chi connectivity index (χ0) is 12.8. The maximum Gasteiger partial charge on any atom is 0.0835 e. The molecule has 1 saturated heterocycles. The molecule has 1 heterocycles. The smallest absolute Gasteiger partial charge is 0.0835 e. The fourth-order valence-electron chi connectivity index (χ4n) is 2.05. The van der Waals surface area contributed by atoms with E-state index in [2.05, 4.69) is 27.7 Å². The normalized spacial score (nSPS) is 14.6. The van der Waals surface area contributed by atoms with Crippen molar-refractivity contribution in [1.29, 1.82) is 0 Å². The molecule has 0 radical (unpaired) electrons. The first-order valence-electron chi connectivity index (χ1n) is 6.04. The average Bonchev–Trinajstić information content (AvgIpc) is 2.40. The van der Waals surface area contributed by atoms with Gasteiger partial charge >= 0.3 is 0 Å². The second-order valence-corrected chi connectivity index (χ2v) is 4.93. The number of nitrogens with zero attached hydrogens (tertiary/aromatic N) is 2. The topological polar surface area (TPSA) is 6.48 Å². The Hall–Kier alpha value is -0.300. The Morgan fingerprint density at radius 3 is 2.35 bits per heavy atom. The third kappa shape index (κ3) is 5.99. The van der Waals surface area contributed by atoms with E-state index in [1.165, 1.54) is 5.69 Å². The second kappa shape index (κ2) is 10.4. The van der Waals surface area contributed by atoms with Crippen molar-refractivity contribution in [2.45, 2.75) is 0 Å². The summed E-state index contributed by atoms with van der Waals surface area (Å²) >= 11 is 11.5. The van der Waals surface area contributed by atoms with Crippen LogP contribution in [0.5, 0.6) is 0 Å². The molecule has 112 valence electrons. The number of rotatable bonds is 2. The third-order valence-corrected chi connectivity index (χ3v) is 3.41. The van der Waals surface area contributed by atoms with Crippen LogP contribution in [0.2, 0.25) is 5.02 Å². The standard InChI is InChI=1S/C14H16Cl2N2.2ClH/c15-6-1-2-7-17-8-10-18(11-9-17)14-5-3-4-13(16)12-14;;/h3-5,12H,6-11H2;2*1H. The van der Waals surface area contributed by atoms with Gasteiger partial charge in [0.05, 0.1) is 12.4 Å². The highest BCUT2D eigenvalue weighted by Crippen LogP contribution is 2.20. The van der Waals surface area contributed by atoms with Crippen molar-refractivity contribution in [2.24, 2.45) is 0 Å². The number of alkyl halides is 1. The molecule has 1 aliphatic rings. The minimum absolute atomic E-state index is 0. The van der Waals surface area contributed by atoms with Crippen LogP contribution in [-0.4, -0.2) is 43.5 Å². The van der Waals surface area contributed by atoms with E-state index < -0.39 is 0 Å². The third-order valence-electron chi connectivity index (χ3n) is 3.04. The van der Waals surface area contributed by atoms with Crippen LogP contribution < -0.4 is 4.90 Å². The highest BCUT2D eigenvalue weighted by atomic mass is 35.5. The van der Waals surface area contributed by atoms with Gasteiger partial charge < -0.3 is 4.90 Å². The zero-order valence-electron chi connectivity index (χ0n) is 11.0. The largest absolute Gasteiger partial charge is 0.369 e. The Kier molecular flexibility index (Phi) is 10.3. The van der Waals surface area contributed by atoms with Gasteiger partial charge in [-0.1, -0.05) is 29.5 Å². The van der Waals surface area contributed by atoms with Crippen LogP contribution in [0.1, 0.15) is 0 Å². The van der Waals surface area contributed by atoms with E-state index >= 15 is 0 Å². The van der Waals surface area contributed by atoms with Gasteiger partial charge in [-0.3, -0.25) is 4.90 Å². The van der Waals surface area contributed by atoms with Crippen LogP contribution in [0, 0.1) is 11.8 Å². The van der Waals surface area contributed by atoms with Crippen molar-refractivity contribution < 1.29 is 0 Å². The molecule has 1 aliphatic heterocycles. The minimum atomic E-state index is 0. The molecule has 2 rings (SSSR count). The maximum atomic E-state index is 6.01. The summed E-state index contributed by atoms with van der Waals surface area (Å²) in [6.07, 6.45) is 0. The Morgan fingerprint density at radius 1 is 1.05 bits per heavy atom. The van der Waals surface area contributed by atoms with Gasteiger partial charge in [0.15, 0.2) is 0 Å². The molecular formula is C14H18Cl4N2. The molecule has 0 bridgehead atoms. The molecule has 0 atom stereocenters. The minimum Gasteiger partial charge on any atom is -0.369 e. The lowest BCUT2D eigenvalue weighted by Crippen LogP contribution is -2.46. The van der Waals surface area contributed by atoms with E-state index in [0.29, 0.717) is 5.88 Å². The van der Waals surface area contributed by atoms with Crippen LogP contribution in [0.4, 0.5) is 5.69 Å². The van der Waals surface area contributed by atoms with E-state index in [0.717, 1.165) is 37.7 Å². The first-order chi connectivity index (χ1) is 8.79. The van der Waals surface area contributed by atoms with E-state index in [4.69, 9.17) is 23.2 Å². The number of hydrogen-bond donors (Lipinski definition) is 0. The zero-order valence-corrected chi connectivity index (χ0v) is 14.2. The summed E-state index contributed by atoms with van der Waals surface area (Å²) in [5.41, 5.74) is 1.20.